The molecule has 0 aliphatic carbocycles. The van der Waals surface area contributed by atoms with Gasteiger partial charge in [-0.05, 0) is 31.9 Å². The minimum absolute atomic E-state index is 0. The van der Waals surface area contributed by atoms with E-state index in [0.717, 1.165) is 18.9 Å². The first-order valence-corrected chi connectivity index (χ1v) is 7.44. The molecule has 2 heterocycles. The van der Waals surface area contributed by atoms with Crippen molar-refractivity contribution in [1.82, 2.24) is 9.88 Å². The Morgan fingerprint density at radius 3 is 2.79 bits per heavy atom. The molecule has 0 radical (unpaired) electrons. The van der Waals surface area contributed by atoms with Crippen LogP contribution < -0.4 is 4.74 Å². The number of hydrogen-bond acceptors (Lipinski definition) is 4. The fourth-order valence-corrected chi connectivity index (χ4v) is 2.88. The second-order valence-corrected chi connectivity index (χ2v) is 5.31. The zero-order chi connectivity index (χ0) is 11.8. The van der Waals surface area contributed by atoms with Gasteiger partial charge in [0.25, 0.3) is 0 Å². The lowest BCUT2D eigenvalue weighted by atomic mass is 10.2. The van der Waals surface area contributed by atoms with Gasteiger partial charge in [0.05, 0.1) is 6.61 Å². The highest BCUT2D eigenvalue weighted by Gasteiger charge is 2.10. The van der Waals surface area contributed by atoms with Crippen molar-refractivity contribution in [2.24, 2.45) is 0 Å². The Morgan fingerprint density at radius 2 is 2.11 bits per heavy atom. The number of hydrogen-bond donors (Lipinski definition) is 0. The molecule has 0 bridgehead atoms. The molecule has 0 saturated carbocycles. The van der Waals surface area contributed by atoms with Gasteiger partial charge in [0.2, 0.25) is 5.88 Å². The van der Waals surface area contributed by atoms with Crippen molar-refractivity contribution in [3.8, 4) is 5.88 Å². The molecule has 2 rings (SSSR count). The second kappa shape index (κ2) is 11.6. The lowest BCUT2D eigenvalue weighted by Crippen LogP contribution is -2.20. The molecule has 1 aliphatic heterocycles. The monoisotopic (exact) mass is 324 g/mol. The average Bonchev–Trinajstić information content (AvgIpc) is 2.88. The third kappa shape index (κ3) is 7.88. The summed E-state index contributed by atoms with van der Waals surface area (Å²) in [5, 5.41) is 0. The summed E-state index contributed by atoms with van der Waals surface area (Å²) in [6.07, 6.45) is 5.41. The van der Waals surface area contributed by atoms with Crippen LogP contribution in [0, 0.1) is 0 Å². The normalized spacial score (nSPS) is 14.5. The van der Waals surface area contributed by atoms with Crippen LogP contribution >= 0.6 is 36.6 Å². The summed E-state index contributed by atoms with van der Waals surface area (Å²) in [5.41, 5.74) is 0. The molecule has 0 unspecified atom stereocenters. The number of pyridine rings is 1. The summed E-state index contributed by atoms with van der Waals surface area (Å²) in [6.45, 7) is 3.30. The molecule has 0 aromatic carbocycles. The minimum Gasteiger partial charge on any atom is -0.478 e. The molecule has 1 aliphatic rings. The predicted octanol–water partition coefficient (Wildman–Crippen LogP) is 3.48. The van der Waals surface area contributed by atoms with Crippen LogP contribution in [0.2, 0.25) is 0 Å². The molecule has 19 heavy (non-hydrogen) atoms. The molecule has 1 saturated heterocycles. The van der Waals surface area contributed by atoms with E-state index < -0.39 is 0 Å². The van der Waals surface area contributed by atoms with Crippen LogP contribution in [0.1, 0.15) is 19.3 Å². The number of halogens is 2. The Bertz CT molecular complexity index is 311. The number of unbranched alkanes of at least 4 members (excludes halogenated alkanes) is 2. The van der Waals surface area contributed by atoms with E-state index in [1.54, 1.807) is 6.20 Å². The van der Waals surface area contributed by atoms with E-state index >= 15 is 0 Å². The van der Waals surface area contributed by atoms with Crippen molar-refractivity contribution in [3.63, 3.8) is 0 Å². The third-order valence-corrected chi connectivity index (χ3v) is 3.85. The molecule has 110 valence electrons. The summed E-state index contributed by atoms with van der Waals surface area (Å²) < 4.78 is 5.55. The molecule has 1 fully saturated rings. The van der Waals surface area contributed by atoms with Gasteiger partial charge in [0.1, 0.15) is 0 Å². The molecule has 3 nitrogen and oxygen atoms in total. The quantitative estimate of drug-likeness (QED) is 0.717. The summed E-state index contributed by atoms with van der Waals surface area (Å²) >= 11 is 2.04. The van der Waals surface area contributed by atoms with E-state index in [1.807, 2.05) is 30.0 Å². The number of aromatic nitrogens is 1. The highest BCUT2D eigenvalue weighted by atomic mass is 35.5. The smallest absolute Gasteiger partial charge is 0.213 e. The molecule has 1 aromatic heterocycles. The van der Waals surface area contributed by atoms with Crippen LogP contribution in [0.4, 0.5) is 0 Å². The van der Waals surface area contributed by atoms with Crippen molar-refractivity contribution in [1.29, 1.82) is 0 Å². The number of rotatable bonds is 7. The fourth-order valence-electron chi connectivity index (χ4n) is 1.85. The zero-order valence-electron chi connectivity index (χ0n) is 11.0. The van der Waals surface area contributed by atoms with E-state index in [2.05, 4.69) is 9.88 Å². The Hall–Kier alpha value is -0.160. The summed E-state index contributed by atoms with van der Waals surface area (Å²) in [4.78, 5) is 6.66. The van der Waals surface area contributed by atoms with Crippen molar-refractivity contribution >= 4 is 36.6 Å². The Labute approximate surface area is 132 Å². The van der Waals surface area contributed by atoms with Gasteiger partial charge in [-0.25, -0.2) is 4.98 Å². The Balaban J connectivity index is 0.00000162. The van der Waals surface area contributed by atoms with Gasteiger partial charge < -0.3 is 4.74 Å². The predicted molar refractivity (Wildman–Crippen MR) is 87.0 cm³/mol. The molecular formula is C13H22Cl2N2OS. The second-order valence-electron chi connectivity index (χ2n) is 4.23. The highest BCUT2D eigenvalue weighted by Crippen LogP contribution is 2.14. The molecular weight excluding hydrogens is 303 g/mol. The van der Waals surface area contributed by atoms with Gasteiger partial charge in [-0.2, -0.15) is 0 Å². The maximum Gasteiger partial charge on any atom is 0.213 e. The zero-order valence-corrected chi connectivity index (χ0v) is 13.4. The van der Waals surface area contributed by atoms with Gasteiger partial charge in [0.15, 0.2) is 0 Å². The van der Waals surface area contributed by atoms with Gasteiger partial charge in [-0.15, -0.1) is 36.6 Å². The Kier molecular flexibility index (Phi) is 11.6. The van der Waals surface area contributed by atoms with Gasteiger partial charge in [-0.1, -0.05) is 6.07 Å². The maximum absolute atomic E-state index is 5.55. The van der Waals surface area contributed by atoms with Crippen LogP contribution in [-0.4, -0.2) is 41.2 Å². The van der Waals surface area contributed by atoms with E-state index in [9.17, 15) is 0 Å². The molecule has 6 heteroatoms. The van der Waals surface area contributed by atoms with Crippen molar-refractivity contribution in [3.05, 3.63) is 24.4 Å². The molecule has 0 atom stereocenters. The van der Waals surface area contributed by atoms with Crippen LogP contribution in [0.3, 0.4) is 0 Å². The number of ether oxygens (including phenoxy) is 1. The van der Waals surface area contributed by atoms with Crippen molar-refractivity contribution in [2.45, 2.75) is 19.3 Å². The summed E-state index contributed by atoms with van der Waals surface area (Å²) in [7, 11) is 0. The molecule has 0 amide bonds. The third-order valence-electron chi connectivity index (χ3n) is 2.83. The molecule has 0 N–H and O–H groups in total. The van der Waals surface area contributed by atoms with Crippen LogP contribution in [0.15, 0.2) is 24.4 Å². The molecule has 1 aromatic rings. The standard InChI is InChI=1S/C13H20N2OS.2ClH/c1(4-8-15-9-11-17-12-15)5-10-16-13-6-2-3-7-14-13;;/h2-3,6-7H,1,4-5,8-12H2;2*1H. The van der Waals surface area contributed by atoms with E-state index in [1.165, 1.54) is 37.6 Å². The Morgan fingerprint density at radius 1 is 1.21 bits per heavy atom. The first-order chi connectivity index (χ1) is 8.45. The van der Waals surface area contributed by atoms with Crippen molar-refractivity contribution < 1.29 is 4.74 Å². The summed E-state index contributed by atoms with van der Waals surface area (Å²) in [5.74, 6) is 3.27. The average molecular weight is 325 g/mol. The van der Waals surface area contributed by atoms with Crippen LogP contribution in [0.25, 0.3) is 0 Å². The number of thioether (sulfide) groups is 1. The molecule has 0 spiro atoms. The minimum atomic E-state index is 0. The largest absolute Gasteiger partial charge is 0.478 e. The van der Waals surface area contributed by atoms with Gasteiger partial charge in [0, 0.05) is 30.4 Å². The first-order valence-electron chi connectivity index (χ1n) is 6.29. The number of nitrogens with zero attached hydrogens (tertiary/aromatic N) is 2. The van der Waals surface area contributed by atoms with Crippen LogP contribution in [-0.2, 0) is 0 Å². The lowest BCUT2D eigenvalue weighted by molar-refractivity contribution is 0.285. The van der Waals surface area contributed by atoms with E-state index in [-0.39, 0.29) is 24.8 Å². The van der Waals surface area contributed by atoms with Crippen LogP contribution in [0.5, 0.6) is 5.88 Å². The lowest BCUT2D eigenvalue weighted by Gasteiger charge is -2.12. The first kappa shape index (κ1) is 18.8. The van der Waals surface area contributed by atoms with Crippen molar-refractivity contribution in [2.75, 3.05) is 31.3 Å². The fraction of sp³-hybridized carbons (Fsp3) is 0.615. The topological polar surface area (TPSA) is 25.4 Å². The maximum atomic E-state index is 5.55. The van der Waals surface area contributed by atoms with E-state index in [4.69, 9.17) is 4.74 Å². The van der Waals surface area contributed by atoms with Gasteiger partial charge >= 0.3 is 0 Å². The highest BCUT2D eigenvalue weighted by molar-refractivity contribution is 7.99. The van der Waals surface area contributed by atoms with Gasteiger partial charge in [-0.3, -0.25) is 4.90 Å². The SMILES string of the molecule is Cl.Cl.c1ccc(OCCCCCN2CCSC2)nc1. The summed E-state index contributed by atoms with van der Waals surface area (Å²) in [6, 6.07) is 5.76. The van der Waals surface area contributed by atoms with E-state index in [0.29, 0.717) is 0 Å².